The number of carbonyl (C=O) groups is 1. The van der Waals surface area contributed by atoms with E-state index < -0.39 is 11.7 Å². The normalized spacial score (nSPS) is 12.2. The van der Waals surface area contributed by atoms with Crippen molar-refractivity contribution >= 4 is 22.5 Å². The number of anilines is 1. The van der Waals surface area contributed by atoms with Gasteiger partial charge in [0.1, 0.15) is 5.82 Å². The number of benzene rings is 1. The summed E-state index contributed by atoms with van der Waals surface area (Å²) < 4.78 is 21.9. The number of aromatic nitrogens is 4. The minimum Gasteiger partial charge on any atom is -0.378 e. The quantitative estimate of drug-likeness (QED) is 0.464. The summed E-state index contributed by atoms with van der Waals surface area (Å²) in [5.41, 5.74) is 9.43. The molecule has 4 aromatic rings. The summed E-state index contributed by atoms with van der Waals surface area (Å²) in [4.78, 5) is 22.8. The molecule has 0 aliphatic carbocycles. The Morgan fingerprint density at radius 3 is 2.64 bits per heavy atom. The molecule has 1 aromatic carbocycles. The van der Waals surface area contributed by atoms with E-state index in [4.69, 9.17) is 10.5 Å². The number of pyridine rings is 2. The Hall–Kier alpha value is -3.85. The van der Waals surface area contributed by atoms with Gasteiger partial charge in [0.15, 0.2) is 0 Å². The third-order valence-corrected chi connectivity index (χ3v) is 5.72. The van der Waals surface area contributed by atoms with Crippen LogP contribution in [0.5, 0.6) is 0 Å². The molecule has 4 rings (SSSR count). The highest BCUT2D eigenvalue weighted by Gasteiger charge is 2.24. The van der Waals surface area contributed by atoms with Crippen LogP contribution < -0.4 is 10.6 Å². The lowest BCUT2D eigenvalue weighted by atomic mass is 10.00. The van der Waals surface area contributed by atoms with E-state index in [9.17, 15) is 4.79 Å². The van der Waals surface area contributed by atoms with Gasteiger partial charge in [-0.1, -0.05) is 6.07 Å². The lowest BCUT2D eigenvalue weighted by Crippen LogP contribution is -2.26. The molecule has 0 fully saturated rings. The molecule has 2 N–H and O–H groups in total. The van der Waals surface area contributed by atoms with Gasteiger partial charge in [-0.25, -0.2) is 4.39 Å². The SMILES string of the molecule is COCc1ccc(-c2cc3c(N(C)[C@@H](C)c4ccn(C)n4)c(C(N)=O)cnc3cc2F)cn1. The number of fused-ring (bicyclic) bond motifs is 1. The van der Waals surface area contributed by atoms with Crippen molar-refractivity contribution in [1.29, 1.82) is 0 Å². The van der Waals surface area contributed by atoms with Crippen molar-refractivity contribution in [3.63, 3.8) is 0 Å². The number of hydrogen-bond acceptors (Lipinski definition) is 6. The summed E-state index contributed by atoms with van der Waals surface area (Å²) in [6.45, 7) is 2.34. The van der Waals surface area contributed by atoms with Gasteiger partial charge in [0.05, 0.1) is 40.8 Å². The number of carbonyl (C=O) groups excluding carboxylic acids is 1. The van der Waals surface area contributed by atoms with Crippen LogP contribution in [-0.4, -0.2) is 39.8 Å². The summed E-state index contributed by atoms with van der Waals surface area (Å²) in [6.07, 6.45) is 4.85. The number of methoxy groups -OCH3 is 1. The highest BCUT2D eigenvalue weighted by atomic mass is 19.1. The van der Waals surface area contributed by atoms with Crippen LogP contribution in [0.15, 0.2) is 48.9 Å². The van der Waals surface area contributed by atoms with Gasteiger partial charge in [-0.2, -0.15) is 5.10 Å². The molecule has 0 aliphatic heterocycles. The first-order valence-electron chi connectivity index (χ1n) is 10.4. The van der Waals surface area contributed by atoms with E-state index in [1.165, 1.54) is 12.3 Å². The molecule has 1 atom stereocenters. The number of halogens is 1. The maximum absolute atomic E-state index is 15.1. The molecule has 33 heavy (non-hydrogen) atoms. The lowest BCUT2D eigenvalue weighted by molar-refractivity contribution is 0.100. The van der Waals surface area contributed by atoms with E-state index in [-0.39, 0.29) is 11.6 Å². The van der Waals surface area contributed by atoms with Gasteiger partial charge >= 0.3 is 0 Å². The fourth-order valence-electron chi connectivity index (χ4n) is 3.85. The van der Waals surface area contributed by atoms with Gasteiger partial charge in [0.2, 0.25) is 0 Å². The topological polar surface area (TPSA) is 99.2 Å². The van der Waals surface area contributed by atoms with E-state index in [2.05, 4.69) is 15.1 Å². The fraction of sp³-hybridized carbons (Fsp3) is 0.250. The number of amides is 1. The molecular formula is C24H25FN6O2. The van der Waals surface area contributed by atoms with Gasteiger partial charge < -0.3 is 15.4 Å². The third-order valence-electron chi connectivity index (χ3n) is 5.72. The molecule has 0 radical (unpaired) electrons. The number of nitrogens with zero attached hydrogens (tertiary/aromatic N) is 5. The van der Waals surface area contributed by atoms with Crippen molar-refractivity contribution in [3.8, 4) is 11.1 Å². The van der Waals surface area contributed by atoms with Crippen molar-refractivity contribution < 1.29 is 13.9 Å². The predicted octanol–water partition coefficient (Wildman–Crippen LogP) is 3.61. The van der Waals surface area contributed by atoms with Crippen molar-refractivity contribution in [2.24, 2.45) is 12.8 Å². The minimum atomic E-state index is -0.615. The van der Waals surface area contributed by atoms with Crippen molar-refractivity contribution in [1.82, 2.24) is 19.7 Å². The van der Waals surface area contributed by atoms with Crippen molar-refractivity contribution in [3.05, 3.63) is 71.7 Å². The number of aryl methyl sites for hydroxylation is 1. The first kappa shape index (κ1) is 22.3. The minimum absolute atomic E-state index is 0.182. The van der Waals surface area contributed by atoms with E-state index in [1.54, 1.807) is 36.2 Å². The number of hydrogen-bond donors (Lipinski definition) is 1. The highest BCUT2D eigenvalue weighted by Crippen LogP contribution is 2.37. The smallest absolute Gasteiger partial charge is 0.252 e. The predicted molar refractivity (Wildman–Crippen MR) is 124 cm³/mol. The largest absolute Gasteiger partial charge is 0.378 e. The van der Waals surface area contributed by atoms with Crippen LogP contribution in [0.1, 0.15) is 34.7 Å². The fourth-order valence-corrected chi connectivity index (χ4v) is 3.85. The van der Waals surface area contributed by atoms with Gasteiger partial charge in [-0.15, -0.1) is 0 Å². The molecule has 0 unspecified atom stereocenters. The first-order chi connectivity index (χ1) is 15.8. The Bertz CT molecular complexity index is 1320. The van der Waals surface area contributed by atoms with Gasteiger partial charge in [0, 0.05) is 62.4 Å². The average molecular weight is 449 g/mol. The van der Waals surface area contributed by atoms with Crippen LogP contribution in [0.25, 0.3) is 22.0 Å². The summed E-state index contributed by atoms with van der Waals surface area (Å²) in [5.74, 6) is -1.05. The molecule has 0 bridgehead atoms. The summed E-state index contributed by atoms with van der Waals surface area (Å²) in [5, 5.41) is 5.08. The lowest BCUT2D eigenvalue weighted by Gasteiger charge is -2.28. The molecule has 0 saturated carbocycles. The molecule has 170 valence electrons. The maximum Gasteiger partial charge on any atom is 0.252 e. The Labute approximate surface area is 190 Å². The van der Waals surface area contributed by atoms with E-state index in [1.807, 2.05) is 38.2 Å². The number of primary amides is 1. The summed E-state index contributed by atoms with van der Waals surface area (Å²) in [7, 11) is 5.28. The van der Waals surface area contributed by atoms with Crippen LogP contribution in [0, 0.1) is 5.82 Å². The second-order valence-electron chi connectivity index (χ2n) is 7.91. The average Bonchev–Trinajstić information content (AvgIpc) is 3.24. The van der Waals surface area contributed by atoms with Crippen molar-refractivity contribution in [2.45, 2.75) is 19.6 Å². The zero-order valence-electron chi connectivity index (χ0n) is 18.9. The third kappa shape index (κ3) is 4.27. The van der Waals surface area contributed by atoms with Gasteiger partial charge in [-0.3, -0.25) is 19.4 Å². The molecule has 3 heterocycles. The molecule has 0 saturated heterocycles. The highest BCUT2D eigenvalue weighted by molar-refractivity contribution is 6.07. The second kappa shape index (κ2) is 8.95. The molecule has 0 spiro atoms. The Morgan fingerprint density at radius 1 is 1.24 bits per heavy atom. The van der Waals surface area contributed by atoms with Crippen LogP contribution >= 0.6 is 0 Å². The summed E-state index contributed by atoms with van der Waals surface area (Å²) >= 11 is 0. The molecule has 9 heteroatoms. The van der Waals surface area contributed by atoms with Crippen LogP contribution in [-0.2, 0) is 18.4 Å². The van der Waals surface area contributed by atoms with E-state index in [0.717, 1.165) is 11.4 Å². The number of ether oxygens (including phenoxy) is 1. The van der Waals surface area contributed by atoms with Crippen LogP contribution in [0.4, 0.5) is 10.1 Å². The number of rotatable bonds is 7. The molecule has 0 aliphatic rings. The van der Waals surface area contributed by atoms with E-state index in [0.29, 0.717) is 34.3 Å². The Kier molecular flexibility index (Phi) is 6.06. The van der Waals surface area contributed by atoms with Gasteiger partial charge in [0.25, 0.3) is 5.91 Å². The number of nitrogens with two attached hydrogens (primary N) is 1. The standard InChI is InChI=1S/C24H25FN6O2/c1-14(21-7-8-30(2)29-21)31(3)23-18-9-17(15-5-6-16(13-33-4)27-11-15)20(25)10-22(18)28-12-19(23)24(26)32/h5-12,14H,13H2,1-4H3,(H2,26,32)/t14-/m0/s1. The second-order valence-corrected chi connectivity index (χ2v) is 7.91. The van der Waals surface area contributed by atoms with Crippen LogP contribution in [0.3, 0.4) is 0 Å². The van der Waals surface area contributed by atoms with Crippen molar-refractivity contribution in [2.75, 3.05) is 19.1 Å². The Balaban J connectivity index is 1.89. The zero-order valence-corrected chi connectivity index (χ0v) is 18.9. The molecular weight excluding hydrogens is 423 g/mol. The van der Waals surface area contributed by atoms with Gasteiger partial charge in [-0.05, 0) is 25.1 Å². The monoisotopic (exact) mass is 448 g/mol. The summed E-state index contributed by atoms with van der Waals surface area (Å²) in [6, 6.07) is 8.36. The maximum atomic E-state index is 15.1. The van der Waals surface area contributed by atoms with E-state index >= 15 is 4.39 Å². The zero-order chi connectivity index (χ0) is 23.7. The molecule has 1 amide bonds. The first-order valence-corrected chi connectivity index (χ1v) is 10.4. The van der Waals surface area contributed by atoms with Crippen LogP contribution in [0.2, 0.25) is 0 Å². The molecule has 3 aromatic heterocycles. The Morgan fingerprint density at radius 2 is 2.03 bits per heavy atom. The molecule has 8 nitrogen and oxygen atoms in total.